The maximum absolute atomic E-state index is 12.4. The summed E-state index contributed by atoms with van der Waals surface area (Å²) in [7, 11) is 0. The van der Waals surface area contributed by atoms with Gasteiger partial charge in [0.15, 0.2) is 5.69 Å². The number of imidazole rings is 1. The fourth-order valence-corrected chi connectivity index (χ4v) is 1.83. The lowest BCUT2D eigenvalue weighted by Crippen LogP contribution is -2.08. The zero-order chi connectivity index (χ0) is 13.5. The van der Waals surface area contributed by atoms with Gasteiger partial charge in [0.25, 0.3) is 0 Å². The van der Waals surface area contributed by atoms with Gasteiger partial charge >= 0.3 is 6.18 Å². The second-order valence-electron chi connectivity index (χ2n) is 4.09. The third kappa shape index (κ3) is 2.31. The lowest BCUT2D eigenvalue weighted by atomic mass is 10.4. The molecule has 0 bridgehead atoms. The molecular weight excluding hydrogens is 257 g/mol. The van der Waals surface area contributed by atoms with Crippen molar-refractivity contribution in [3.05, 3.63) is 54.2 Å². The molecule has 0 unspecified atom stereocenters. The van der Waals surface area contributed by atoms with Crippen LogP contribution >= 0.6 is 0 Å². The van der Waals surface area contributed by atoms with Gasteiger partial charge in [-0.25, -0.2) is 4.98 Å². The van der Waals surface area contributed by atoms with E-state index < -0.39 is 11.9 Å². The highest BCUT2D eigenvalue weighted by Gasteiger charge is 2.33. The molecule has 0 N–H and O–H groups in total. The van der Waals surface area contributed by atoms with Crippen molar-refractivity contribution in [3.63, 3.8) is 0 Å². The van der Waals surface area contributed by atoms with E-state index in [-0.39, 0.29) is 6.54 Å². The molecule has 3 rings (SSSR count). The maximum atomic E-state index is 12.4. The molecule has 0 fully saturated rings. The quantitative estimate of drug-likeness (QED) is 0.714. The highest BCUT2D eigenvalue weighted by Crippen LogP contribution is 2.27. The van der Waals surface area contributed by atoms with Gasteiger partial charge in [-0.05, 0) is 18.2 Å². The molecule has 3 aromatic heterocycles. The van der Waals surface area contributed by atoms with E-state index in [2.05, 4.69) is 10.1 Å². The topological polar surface area (TPSA) is 35.1 Å². The molecule has 0 radical (unpaired) electrons. The van der Waals surface area contributed by atoms with Gasteiger partial charge in [-0.3, -0.25) is 4.68 Å². The van der Waals surface area contributed by atoms with Crippen LogP contribution in [-0.4, -0.2) is 19.2 Å². The van der Waals surface area contributed by atoms with Crippen LogP contribution in [0.1, 0.15) is 11.4 Å². The van der Waals surface area contributed by atoms with Crippen molar-refractivity contribution in [2.45, 2.75) is 12.7 Å². The molecule has 0 aliphatic carbocycles. The van der Waals surface area contributed by atoms with Crippen LogP contribution in [0.25, 0.3) is 5.65 Å². The van der Waals surface area contributed by atoms with Crippen molar-refractivity contribution in [1.29, 1.82) is 0 Å². The van der Waals surface area contributed by atoms with Gasteiger partial charge < -0.3 is 4.40 Å². The highest BCUT2D eigenvalue weighted by molar-refractivity contribution is 5.39. The Hall–Kier alpha value is -2.31. The number of rotatable bonds is 2. The van der Waals surface area contributed by atoms with E-state index in [1.165, 1.54) is 10.9 Å². The van der Waals surface area contributed by atoms with Crippen LogP contribution in [0.15, 0.2) is 42.9 Å². The first-order chi connectivity index (χ1) is 9.02. The molecule has 3 aromatic rings. The summed E-state index contributed by atoms with van der Waals surface area (Å²) in [6.07, 6.45) is 0.483. The fourth-order valence-electron chi connectivity index (χ4n) is 1.83. The van der Waals surface area contributed by atoms with Gasteiger partial charge in [0.1, 0.15) is 5.65 Å². The second-order valence-corrected chi connectivity index (χ2v) is 4.09. The summed E-state index contributed by atoms with van der Waals surface area (Å²) in [5, 5.41) is 3.49. The number of nitrogens with zero attached hydrogens (tertiary/aromatic N) is 4. The summed E-state index contributed by atoms with van der Waals surface area (Å²) in [6, 6.07) is 6.49. The van der Waals surface area contributed by atoms with Crippen molar-refractivity contribution >= 4 is 5.65 Å². The van der Waals surface area contributed by atoms with E-state index in [0.717, 1.165) is 11.7 Å². The fraction of sp³-hybridized carbons (Fsp3) is 0.167. The smallest absolute Gasteiger partial charge is 0.307 e. The van der Waals surface area contributed by atoms with E-state index in [9.17, 15) is 13.2 Å². The predicted molar refractivity (Wildman–Crippen MR) is 61.5 cm³/mol. The number of alkyl halides is 3. The zero-order valence-corrected chi connectivity index (χ0v) is 9.67. The van der Waals surface area contributed by atoms with Crippen LogP contribution in [0.4, 0.5) is 13.2 Å². The van der Waals surface area contributed by atoms with E-state index in [1.807, 2.05) is 28.8 Å². The monoisotopic (exact) mass is 266 g/mol. The summed E-state index contributed by atoms with van der Waals surface area (Å²) in [5.74, 6) is 0. The van der Waals surface area contributed by atoms with Crippen LogP contribution in [0, 0.1) is 0 Å². The Bertz CT molecular complexity index is 678. The Labute approximate surface area is 106 Å². The third-order valence-corrected chi connectivity index (χ3v) is 2.67. The minimum atomic E-state index is -4.41. The Morgan fingerprint density at radius 1 is 1.11 bits per heavy atom. The number of aromatic nitrogens is 4. The number of hydrogen-bond acceptors (Lipinski definition) is 2. The Morgan fingerprint density at radius 3 is 2.63 bits per heavy atom. The van der Waals surface area contributed by atoms with E-state index >= 15 is 0 Å². The lowest BCUT2D eigenvalue weighted by molar-refractivity contribution is -0.141. The molecule has 7 heteroatoms. The van der Waals surface area contributed by atoms with Crippen LogP contribution in [0.3, 0.4) is 0 Å². The van der Waals surface area contributed by atoms with Crippen molar-refractivity contribution in [2.24, 2.45) is 0 Å². The minimum absolute atomic E-state index is 0.206. The Morgan fingerprint density at radius 2 is 1.95 bits per heavy atom. The molecular formula is C12H9F3N4. The minimum Gasteiger partial charge on any atom is -0.307 e. The van der Waals surface area contributed by atoms with Crippen molar-refractivity contribution < 1.29 is 13.2 Å². The van der Waals surface area contributed by atoms with Crippen molar-refractivity contribution in [1.82, 2.24) is 19.2 Å². The molecule has 0 aromatic carbocycles. The number of halogens is 3. The van der Waals surface area contributed by atoms with Gasteiger partial charge in [0.05, 0.1) is 12.2 Å². The largest absolute Gasteiger partial charge is 0.435 e. The SMILES string of the molecule is FC(F)(F)c1ccn(Cc2cn3ccccc3n2)n1. The van der Waals surface area contributed by atoms with Gasteiger partial charge in [-0.2, -0.15) is 18.3 Å². The number of pyridine rings is 1. The average molecular weight is 266 g/mol. The maximum Gasteiger partial charge on any atom is 0.435 e. The van der Waals surface area contributed by atoms with Crippen LogP contribution in [-0.2, 0) is 12.7 Å². The Kier molecular flexibility index (Phi) is 2.55. The molecule has 0 saturated heterocycles. The first-order valence-corrected chi connectivity index (χ1v) is 5.56. The van der Waals surface area contributed by atoms with Gasteiger partial charge in [0, 0.05) is 18.6 Å². The van der Waals surface area contributed by atoms with Crippen LogP contribution < -0.4 is 0 Å². The zero-order valence-electron chi connectivity index (χ0n) is 9.67. The standard InChI is InChI=1S/C12H9F3N4/c13-12(14,15)10-4-6-19(17-10)8-9-7-18-5-2-1-3-11(18)16-9/h1-7H,8H2. The normalized spacial score (nSPS) is 12.2. The summed E-state index contributed by atoms with van der Waals surface area (Å²) in [6.45, 7) is 0.206. The molecule has 19 heavy (non-hydrogen) atoms. The van der Waals surface area contributed by atoms with Crippen LogP contribution in [0.5, 0.6) is 0 Å². The van der Waals surface area contributed by atoms with Gasteiger partial charge in [0.2, 0.25) is 0 Å². The highest BCUT2D eigenvalue weighted by atomic mass is 19.4. The molecule has 98 valence electrons. The molecule has 0 amide bonds. The first-order valence-electron chi connectivity index (χ1n) is 5.56. The van der Waals surface area contributed by atoms with E-state index in [1.54, 1.807) is 6.20 Å². The second kappa shape index (κ2) is 4.11. The molecule has 0 aliphatic rings. The summed E-state index contributed by atoms with van der Waals surface area (Å²) in [5.41, 5.74) is 0.514. The predicted octanol–water partition coefficient (Wildman–Crippen LogP) is 2.60. The lowest BCUT2D eigenvalue weighted by Gasteiger charge is -2.01. The average Bonchev–Trinajstić information content (AvgIpc) is 2.94. The van der Waals surface area contributed by atoms with E-state index in [0.29, 0.717) is 5.69 Å². The van der Waals surface area contributed by atoms with Gasteiger partial charge in [-0.15, -0.1) is 0 Å². The number of hydrogen-bond donors (Lipinski definition) is 0. The molecule has 0 aliphatic heterocycles. The van der Waals surface area contributed by atoms with E-state index in [4.69, 9.17) is 0 Å². The van der Waals surface area contributed by atoms with Crippen molar-refractivity contribution in [3.8, 4) is 0 Å². The molecule has 0 spiro atoms. The van der Waals surface area contributed by atoms with Crippen LogP contribution in [0.2, 0.25) is 0 Å². The molecule has 0 atom stereocenters. The molecule has 0 saturated carbocycles. The number of fused-ring (bicyclic) bond motifs is 1. The van der Waals surface area contributed by atoms with Gasteiger partial charge in [-0.1, -0.05) is 6.07 Å². The summed E-state index contributed by atoms with van der Waals surface area (Å²) >= 11 is 0. The first kappa shape index (κ1) is 11.8. The Balaban J connectivity index is 1.86. The molecule has 4 nitrogen and oxygen atoms in total. The van der Waals surface area contributed by atoms with Crippen molar-refractivity contribution in [2.75, 3.05) is 0 Å². The summed E-state index contributed by atoms with van der Waals surface area (Å²) < 4.78 is 40.3. The molecule has 3 heterocycles. The summed E-state index contributed by atoms with van der Waals surface area (Å²) in [4.78, 5) is 4.30. The third-order valence-electron chi connectivity index (χ3n) is 2.67.